The molecule has 8 heteroatoms. The Morgan fingerprint density at radius 3 is 2.73 bits per heavy atom. The molecule has 7 nitrogen and oxygen atoms in total. The van der Waals surface area contributed by atoms with Crippen molar-refractivity contribution in [3.05, 3.63) is 64.0 Å². The van der Waals surface area contributed by atoms with E-state index in [1.165, 1.54) is 16.0 Å². The molecule has 0 saturated carbocycles. The standard InChI is InChI=1S/C18H18N4O3S/c1-22-16(20-18(24)15-7-4-8-26-15)10-14(21-22)17(23)19-13-6-3-5-12(9-13)11-25-2/h3-10H,11H2,1-2H3,(H,19,23)(H,20,24). The van der Waals surface area contributed by atoms with E-state index in [9.17, 15) is 9.59 Å². The molecule has 2 amide bonds. The monoisotopic (exact) mass is 370 g/mol. The minimum atomic E-state index is -0.355. The van der Waals surface area contributed by atoms with Gasteiger partial charge in [-0.1, -0.05) is 18.2 Å². The maximum absolute atomic E-state index is 12.4. The zero-order valence-electron chi connectivity index (χ0n) is 14.4. The van der Waals surface area contributed by atoms with Gasteiger partial charge in [-0.25, -0.2) is 0 Å². The van der Waals surface area contributed by atoms with E-state index in [4.69, 9.17) is 4.74 Å². The summed E-state index contributed by atoms with van der Waals surface area (Å²) in [5, 5.41) is 11.5. The first-order chi connectivity index (χ1) is 12.6. The smallest absolute Gasteiger partial charge is 0.276 e. The highest BCUT2D eigenvalue weighted by atomic mass is 32.1. The van der Waals surface area contributed by atoms with Crippen LogP contribution in [-0.4, -0.2) is 28.7 Å². The lowest BCUT2D eigenvalue weighted by molar-refractivity contribution is 0.101. The number of methoxy groups -OCH3 is 1. The third-order valence-electron chi connectivity index (χ3n) is 3.59. The molecule has 3 rings (SSSR count). The Bertz CT molecular complexity index is 918. The van der Waals surface area contributed by atoms with E-state index in [2.05, 4.69) is 15.7 Å². The summed E-state index contributed by atoms with van der Waals surface area (Å²) in [5.74, 6) is -0.143. The van der Waals surface area contributed by atoms with Crippen molar-refractivity contribution in [3.8, 4) is 0 Å². The number of carbonyl (C=O) groups excluding carboxylic acids is 2. The number of aryl methyl sites for hydroxylation is 1. The highest BCUT2D eigenvalue weighted by Gasteiger charge is 2.16. The van der Waals surface area contributed by atoms with E-state index in [-0.39, 0.29) is 17.5 Å². The molecule has 3 aromatic rings. The Morgan fingerprint density at radius 2 is 2.00 bits per heavy atom. The lowest BCUT2D eigenvalue weighted by Gasteiger charge is -2.05. The van der Waals surface area contributed by atoms with Crippen LogP contribution in [0.4, 0.5) is 11.5 Å². The van der Waals surface area contributed by atoms with Crippen molar-refractivity contribution in [2.24, 2.45) is 7.05 Å². The topological polar surface area (TPSA) is 85.3 Å². The second kappa shape index (κ2) is 7.94. The second-order valence-electron chi connectivity index (χ2n) is 5.56. The van der Waals surface area contributed by atoms with Crippen LogP contribution in [0.25, 0.3) is 0 Å². The van der Waals surface area contributed by atoms with Crippen molar-refractivity contribution in [1.82, 2.24) is 9.78 Å². The average molecular weight is 370 g/mol. The number of hydrogen-bond acceptors (Lipinski definition) is 5. The first-order valence-corrected chi connectivity index (χ1v) is 8.73. The third kappa shape index (κ3) is 4.16. The summed E-state index contributed by atoms with van der Waals surface area (Å²) in [6.07, 6.45) is 0. The fourth-order valence-corrected chi connectivity index (χ4v) is 3.00. The van der Waals surface area contributed by atoms with Crippen LogP contribution in [0.2, 0.25) is 0 Å². The number of amides is 2. The molecule has 0 radical (unpaired) electrons. The summed E-state index contributed by atoms with van der Waals surface area (Å²) < 4.78 is 6.55. The number of nitrogens with one attached hydrogen (secondary N) is 2. The quantitative estimate of drug-likeness (QED) is 0.698. The van der Waals surface area contributed by atoms with Crippen molar-refractivity contribution in [2.45, 2.75) is 6.61 Å². The maximum Gasteiger partial charge on any atom is 0.276 e. The number of aromatic nitrogens is 2. The SMILES string of the molecule is COCc1cccc(NC(=O)c2cc(NC(=O)c3cccs3)n(C)n2)c1. The maximum atomic E-state index is 12.4. The molecular formula is C18H18N4O3S. The van der Waals surface area contributed by atoms with Gasteiger partial charge in [-0.15, -0.1) is 11.3 Å². The van der Waals surface area contributed by atoms with Gasteiger partial charge in [0, 0.05) is 25.9 Å². The minimum absolute atomic E-state index is 0.214. The normalized spacial score (nSPS) is 10.5. The number of benzene rings is 1. The molecule has 2 N–H and O–H groups in total. The van der Waals surface area contributed by atoms with Crippen LogP contribution < -0.4 is 10.6 Å². The van der Waals surface area contributed by atoms with Crippen LogP contribution >= 0.6 is 11.3 Å². The molecule has 0 aliphatic heterocycles. The van der Waals surface area contributed by atoms with Crippen molar-refractivity contribution >= 4 is 34.7 Å². The Kier molecular flexibility index (Phi) is 5.45. The van der Waals surface area contributed by atoms with Crippen LogP contribution in [0, 0.1) is 0 Å². The van der Waals surface area contributed by atoms with Gasteiger partial charge in [0.1, 0.15) is 5.82 Å². The van der Waals surface area contributed by atoms with E-state index in [1.54, 1.807) is 38.4 Å². The van der Waals surface area contributed by atoms with Gasteiger partial charge >= 0.3 is 0 Å². The summed E-state index contributed by atoms with van der Waals surface area (Å²) in [4.78, 5) is 25.2. The average Bonchev–Trinajstić information content (AvgIpc) is 3.26. The molecule has 1 aromatic carbocycles. The summed E-state index contributed by atoms with van der Waals surface area (Å²) in [7, 11) is 3.28. The van der Waals surface area contributed by atoms with Gasteiger partial charge in [-0.3, -0.25) is 14.3 Å². The van der Waals surface area contributed by atoms with Crippen LogP contribution in [0.15, 0.2) is 47.8 Å². The third-order valence-corrected chi connectivity index (χ3v) is 4.46. The Hall–Kier alpha value is -2.97. The number of rotatable bonds is 6. The number of anilines is 2. The molecule has 134 valence electrons. The van der Waals surface area contributed by atoms with Crippen molar-refractivity contribution < 1.29 is 14.3 Å². The number of nitrogens with zero attached hydrogens (tertiary/aromatic N) is 2. The molecule has 0 bridgehead atoms. The summed E-state index contributed by atoms with van der Waals surface area (Å²) >= 11 is 1.35. The lowest BCUT2D eigenvalue weighted by Crippen LogP contribution is -2.13. The number of ether oxygens (including phenoxy) is 1. The largest absolute Gasteiger partial charge is 0.380 e. The molecule has 0 aliphatic rings. The molecule has 0 saturated heterocycles. The van der Waals surface area contributed by atoms with E-state index >= 15 is 0 Å². The highest BCUT2D eigenvalue weighted by molar-refractivity contribution is 7.12. The van der Waals surface area contributed by atoms with Gasteiger partial charge in [0.15, 0.2) is 5.69 Å². The molecule has 0 fully saturated rings. The number of hydrogen-bond donors (Lipinski definition) is 2. The van der Waals surface area contributed by atoms with Crippen LogP contribution in [-0.2, 0) is 18.4 Å². The van der Waals surface area contributed by atoms with E-state index in [0.717, 1.165) is 5.56 Å². The van der Waals surface area contributed by atoms with Crippen LogP contribution in [0.1, 0.15) is 25.7 Å². The van der Waals surface area contributed by atoms with Crippen molar-refractivity contribution in [3.63, 3.8) is 0 Å². The predicted molar refractivity (Wildman–Crippen MR) is 101 cm³/mol. The molecule has 26 heavy (non-hydrogen) atoms. The van der Waals surface area contributed by atoms with E-state index in [0.29, 0.717) is 23.0 Å². The summed E-state index contributed by atoms with van der Waals surface area (Å²) in [6, 6.07) is 12.5. The lowest BCUT2D eigenvalue weighted by atomic mass is 10.2. The Morgan fingerprint density at radius 1 is 1.15 bits per heavy atom. The zero-order valence-corrected chi connectivity index (χ0v) is 15.2. The molecule has 0 unspecified atom stereocenters. The summed E-state index contributed by atoms with van der Waals surface area (Å²) in [6.45, 7) is 0.464. The Balaban J connectivity index is 1.70. The van der Waals surface area contributed by atoms with E-state index in [1.807, 2.05) is 23.6 Å². The first-order valence-electron chi connectivity index (χ1n) is 7.85. The van der Waals surface area contributed by atoms with Crippen LogP contribution in [0.5, 0.6) is 0 Å². The predicted octanol–water partition coefficient (Wildman–Crippen LogP) is 3.13. The summed E-state index contributed by atoms with van der Waals surface area (Å²) in [5.41, 5.74) is 1.82. The van der Waals surface area contributed by atoms with Crippen molar-refractivity contribution in [2.75, 3.05) is 17.7 Å². The second-order valence-corrected chi connectivity index (χ2v) is 6.51. The molecule has 0 atom stereocenters. The Labute approximate surface area is 154 Å². The zero-order chi connectivity index (χ0) is 18.5. The van der Waals surface area contributed by atoms with Gasteiger partial charge < -0.3 is 15.4 Å². The fourth-order valence-electron chi connectivity index (χ4n) is 2.38. The van der Waals surface area contributed by atoms with Crippen LogP contribution in [0.3, 0.4) is 0 Å². The van der Waals surface area contributed by atoms with Gasteiger partial charge in [-0.2, -0.15) is 5.10 Å². The molecule has 0 aliphatic carbocycles. The molecule has 2 aromatic heterocycles. The molecule has 0 spiro atoms. The first kappa shape index (κ1) is 17.8. The minimum Gasteiger partial charge on any atom is -0.380 e. The van der Waals surface area contributed by atoms with Gasteiger partial charge in [0.25, 0.3) is 11.8 Å². The van der Waals surface area contributed by atoms with Gasteiger partial charge in [-0.05, 0) is 29.1 Å². The van der Waals surface area contributed by atoms with Gasteiger partial charge in [0.05, 0.1) is 11.5 Å². The molecule has 2 heterocycles. The van der Waals surface area contributed by atoms with Gasteiger partial charge in [0.2, 0.25) is 0 Å². The van der Waals surface area contributed by atoms with E-state index < -0.39 is 0 Å². The number of thiophene rings is 1. The van der Waals surface area contributed by atoms with Crippen molar-refractivity contribution in [1.29, 1.82) is 0 Å². The fraction of sp³-hybridized carbons (Fsp3) is 0.167. The molecular weight excluding hydrogens is 352 g/mol. The number of carbonyl (C=O) groups is 2. The highest BCUT2D eigenvalue weighted by Crippen LogP contribution is 2.16.